The summed E-state index contributed by atoms with van der Waals surface area (Å²) in [6.45, 7) is 2.46. The van der Waals surface area contributed by atoms with Gasteiger partial charge in [-0.05, 0) is 44.0 Å². The molecule has 0 fully saturated rings. The molecule has 0 heterocycles. The van der Waals surface area contributed by atoms with Gasteiger partial charge in [0, 0.05) is 17.9 Å². The van der Waals surface area contributed by atoms with Gasteiger partial charge in [0.05, 0.1) is 0 Å². The van der Waals surface area contributed by atoms with E-state index >= 15 is 0 Å². The fraction of sp³-hybridized carbons (Fsp3) is 0.467. The fourth-order valence-corrected chi connectivity index (χ4v) is 1.83. The Hall–Kier alpha value is -1.76. The molecule has 0 radical (unpaired) electrons. The van der Waals surface area contributed by atoms with Crippen molar-refractivity contribution < 1.29 is 32.2 Å². The Labute approximate surface area is 136 Å². The van der Waals surface area contributed by atoms with E-state index in [1.165, 1.54) is 6.07 Å². The molecule has 1 aromatic rings. The van der Waals surface area contributed by atoms with Crippen LogP contribution in [0.1, 0.15) is 31.7 Å². The van der Waals surface area contributed by atoms with Crippen molar-refractivity contribution in [1.29, 1.82) is 0 Å². The third-order valence-corrected chi connectivity index (χ3v) is 3.13. The first kappa shape index (κ1) is 19.3. The maximum atomic E-state index is 12.2. The number of benzene rings is 1. The second-order valence-electron chi connectivity index (χ2n) is 4.91. The van der Waals surface area contributed by atoms with Crippen LogP contribution in [0.5, 0.6) is 5.75 Å². The van der Waals surface area contributed by atoms with E-state index in [2.05, 4.69) is 4.74 Å². The van der Waals surface area contributed by atoms with Gasteiger partial charge in [-0.2, -0.15) is 13.2 Å². The highest BCUT2D eigenvalue weighted by Gasteiger charge is 2.38. The number of alkyl halides is 3. The summed E-state index contributed by atoms with van der Waals surface area (Å²) < 4.78 is 45.9. The topological polar surface area (TPSA) is 52.6 Å². The molecular weight excluding hydrogens is 337 g/mol. The number of aryl methyl sites for hydroxylation is 1. The second kappa shape index (κ2) is 8.19. The summed E-state index contributed by atoms with van der Waals surface area (Å²) in [5.74, 6) is -1.26. The summed E-state index contributed by atoms with van der Waals surface area (Å²) >= 11 is 5.77. The van der Waals surface area contributed by atoms with Crippen molar-refractivity contribution in [2.75, 3.05) is 0 Å². The molecule has 0 saturated heterocycles. The van der Waals surface area contributed by atoms with Gasteiger partial charge in [-0.25, -0.2) is 0 Å². The molecule has 0 aliphatic heterocycles. The summed E-state index contributed by atoms with van der Waals surface area (Å²) in [5, 5.41) is 0.504. The van der Waals surface area contributed by atoms with E-state index in [1.54, 1.807) is 19.1 Å². The van der Waals surface area contributed by atoms with Crippen LogP contribution in [0, 0.1) is 6.92 Å². The van der Waals surface area contributed by atoms with Crippen LogP contribution in [0.25, 0.3) is 0 Å². The first-order chi connectivity index (χ1) is 10.6. The summed E-state index contributed by atoms with van der Waals surface area (Å²) in [5.41, 5.74) is 0.671. The molecule has 0 spiro atoms. The largest absolute Gasteiger partial charge is 0.453 e. The molecule has 1 rings (SSSR count). The molecule has 1 aromatic carbocycles. The number of halogens is 4. The number of hydrogen-bond acceptors (Lipinski definition) is 4. The lowest BCUT2D eigenvalue weighted by atomic mass is 10.2. The molecule has 0 bridgehead atoms. The number of carbonyl (C=O) groups excluding carboxylic acids is 2. The molecular formula is C15H16ClF3O4. The van der Waals surface area contributed by atoms with Crippen molar-refractivity contribution in [2.24, 2.45) is 0 Å². The molecule has 8 heteroatoms. The van der Waals surface area contributed by atoms with Crippen LogP contribution in [0.4, 0.5) is 13.2 Å². The summed E-state index contributed by atoms with van der Waals surface area (Å²) in [6, 6.07) is 4.72. The van der Waals surface area contributed by atoms with Gasteiger partial charge in [0.2, 0.25) is 0 Å². The number of hydrogen-bond donors (Lipinski definition) is 0. The zero-order valence-electron chi connectivity index (χ0n) is 12.6. The Morgan fingerprint density at radius 2 is 1.83 bits per heavy atom. The molecule has 0 aliphatic rings. The second-order valence-corrected chi connectivity index (χ2v) is 5.35. The SMILES string of the molecule is Cc1cc(Cl)ccc1OC(=O)CCCC(=O)OC(C)C(F)(F)F. The Balaban J connectivity index is 2.35. The Morgan fingerprint density at radius 1 is 1.22 bits per heavy atom. The lowest BCUT2D eigenvalue weighted by Crippen LogP contribution is -2.30. The first-order valence-electron chi connectivity index (χ1n) is 6.82. The lowest BCUT2D eigenvalue weighted by Gasteiger charge is -2.16. The van der Waals surface area contributed by atoms with Gasteiger partial charge in [0.25, 0.3) is 0 Å². The number of carbonyl (C=O) groups is 2. The van der Waals surface area contributed by atoms with E-state index in [-0.39, 0.29) is 19.3 Å². The normalized spacial score (nSPS) is 12.6. The van der Waals surface area contributed by atoms with Gasteiger partial charge < -0.3 is 9.47 Å². The van der Waals surface area contributed by atoms with Crippen LogP contribution in [-0.4, -0.2) is 24.2 Å². The average molecular weight is 353 g/mol. The maximum Gasteiger partial charge on any atom is 0.425 e. The van der Waals surface area contributed by atoms with Crippen molar-refractivity contribution in [2.45, 2.75) is 45.4 Å². The van der Waals surface area contributed by atoms with Crippen molar-refractivity contribution >= 4 is 23.5 Å². The first-order valence-corrected chi connectivity index (χ1v) is 7.20. The van der Waals surface area contributed by atoms with E-state index in [0.717, 1.165) is 6.92 Å². The molecule has 0 amide bonds. The minimum Gasteiger partial charge on any atom is -0.453 e. The minimum absolute atomic E-state index is 0.0366. The average Bonchev–Trinajstić information content (AvgIpc) is 2.40. The van der Waals surface area contributed by atoms with Crippen molar-refractivity contribution in [3.63, 3.8) is 0 Å². The summed E-state index contributed by atoms with van der Waals surface area (Å²) in [7, 11) is 0. The highest BCUT2D eigenvalue weighted by atomic mass is 35.5. The molecule has 1 unspecified atom stereocenters. The molecule has 0 aliphatic carbocycles. The van der Waals surface area contributed by atoms with Crippen LogP contribution in [0.15, 0.2) is 18.2 Å². The van der Waals surface area contributed by atoms with Crippen LogP contribution < -0.4 is 4.74 Å². The molecule has 0 N–H and O–H groups in total. The van der Waals surface area contributed by atoms with Gasteiger partial charge >= 0.3 is 18.1 Å². The van der Waals surface area contributed by atoms with E-state index < -0.39 is 24.2 Å². The maximum absolute atomic E-state index is 12.2. The van der Waals surface area contributed by atoms with E-state index in [0.29, 0.717) is 16.3 Å². The van der Waals surface area contributed by atoms with E-state index in [4.69, 9.17) is 16.3 Å². The van der Waals surface area contributed by atoms with Crippen molar-refractivity contribution in [3.05, 3.63) is 28.8 Å². The number of rotatable bonds is 6. The standard InChI is InChI=1S/C15H16ClF3O4/c1-9-8-11(16)6-7-12(9)23-14(21)5-3-4-13(20)22-10(2)15(17,18)19/h6-8,10H,3-5H2,1-2H3. The van der Waals surface area contributed by atoms with Gasteiger partial charge in [-0.15, -0.1) is 0 Å². The van der Waals surface area contributed by atoms with Crippen LogP contribution >= 0.6 is 11.6 Å². The van der Waals surface area contributed by atoms with Gasteiger partial charge in [-0.3, -0.25) is 9.59 Å². The molecule has 4 nitrogen and oxygen atoms in total. The predicted octanol–water partition coefficient (Wildman–Crippen LogP) is 4.22. The zero-order chi connectivity index (χ0) is 17.6. The zero-order valence-corrected chi connectivity index (χ0v) is 13.3. The third-order valence-electron chi connectivity index (χ3n) is 2.89. The smallest absolute Gasteiger partial charge is 0.425 e. The Kier molecular flexibility index (Phi) is 6.87. The highest BCUT2D eigenvalue weighted by Crippen LogP contribution is 2.24. The molecule has 0 saturated carbocycles. The molecule has 128 valence electrons. The minimum atomic E-state index is -4.60. The molecule has 0 aromatic heterocycles. The summed E-state index contributed by atoms with van der Waals surface area (Å²) in [4.78, 5) is 22.9. The fourth-order valence-electron chi connectivity index (χ4n) is 1.60. The predicted molar refractivity (Wildman–Crippen MR) is 77.3 cm³/mol. The van der Waals surface area contributed by atoms with Crippen LogP contribution in [0.2, 0.25) is 5.02 Å². The van der Waals surface area contributed by atoms with Gasteiger partial charge in [-0.1, -0.05) is 11.6 Å². The summed E-state index contributed by atoms with van der Waals surface area (Å²) in [6.07, 6.45) is -7.14. The lowest BCUT2D eigenvalue weighted by molar-refractivity contribution is -0.216. The van der Waals surface area contributed by atoms with E-state index in [9.17, 15) is 22.8 Å². The van der Waals surface area contributed by atoms with E-state index in [1.807, 2.05) is 0 Å². The Morgan fingerprint density at radius 3 is 2.39 bits per heavy atom. The quantitative estimate of drug-likeness (QED) is 0.568. The number of ether oxygens (including phenoxy) is 2. The monoisotopic (exact) mass is 352 g/mol. The molecule has 23 heavy (non-hydrogen) atoms. The van der Waals surface area contributed by atoms with Gasteiger partial charge in [0.1, 0.15) is 5.75 Å². The van der Waals surface area contributed by atoms with Crippen molar-refractivity contribution in [1.82, 2.24) is 0 Å². The Bertz CT molecular complexity index is 572. The molecule has 1 atom stereocenters. The number of esters is 2. The third kappa shape index (κ3) is 6.90. The van der Waals surface area contributed by atoms with Gasteiger partial charge in [0.15, 0.2) is 6.10 Å². The van der Waals surface area contributed by atoms with Crippen LogP contribution in [-0.2, 0) is 14.3 Å². The highest BCUT2D eigenvalue weighted by molar-refractivity contribution is 6.30. The van der Waals surface area contributed by atoms with Crippen LogP contribution in [0.3, 0.4) is 0 Å². The van der Waals surface area contributed by atoms with Crippen molar-refractivity contribution in [3.8, 4) is 5.75 Å².